The molecule has 0 heterocycles. The average Bonchev–Trinajstić information content (AvgIpc) is 2.82. The smallest absolute Gasteiger partial charge is 0.0243 e. The first kappa shape index (κ1) is 18.3. The van der Waals surface area contributed by atoms with Gasteiger partial charge in [0, 0.05) is 0 Å². The van der Waals surface area contributed by atoms with Gasteiger partial charge in [-0.3, -0.25) is 0 Å². The maximum absolute atomic E-state index is 2.61. The van der Waals surface area contributed by atoms with Crippen molar-refractivity contribution < 1.29 is 0 Å². The number of hydrogen-bond donors (Lipinski definition) is 0. The molecule has 0 heteroatoms. The van der Waals surface area contributed by atoms with Crippen LogP contribution in [0, 0.1) is 22.7 Å². The highest BCUT2D eigenvalue weighted by molar-refractivity contribution is 5.09. The van der Waals surface area contributed by atoms with Crippen LogP contribution in [-0.4, -0.2) is 0 Å². The van der Waals surface area contributed by atoms with Gasteiger partial charge in [-0.2, -0.15) is 0 Å². The molecule has 0 spiro atoms. The molecule has 22 heavy (non-hydrogen) atoms. The summed E-state index contributed by atoms with van der Waals surface area (Å²) in [4.78, 5) is 0. The van der Waals surface area contributed by atoms with Crippen molar-refractivity contribution in [1.82, 2.24) is 0 Å². The van der Waals surface area contributed by atoms with E-state index in [4.69, 9.17) is 0 Å². The lowest BCUT2D eigenvalue weighted by Crippen LogP contribution is -2.32. The molecule has 2 rings (SSSR count). The van der Waals surface area contributed by atoms with Crippen LogP contribution in [0.3, 0.4) is 0 Å². The fourth-order valence-electron chi connectivity index (χ4n) is 5.68. The molecule has 0 nitrogen and oxygen atoms in total. The predicted octanol–water partition coefficient (Wildman–Crippen LogP) is 7.76. The first-order chi connectivity index (χ1) is 10.5. The molecule has 0 aromatic rings. The maximum Gasteiger partial charge on any atom is -0.0243 e. The van der Waals surface area contributed by atoms with Crippen LogP contribution in [0.1, 0.15) is 118 Å². The van der Waals surface area contributed by atoms with Crippen molar-refractivity contribution >= 4 is 0 Å². The molecule has 0 amide bonds. The Morgan fingerprint density at radius 1 is 0.773 bits per heavy atom. The van der Waals surface area contributed by atoms with E-state index < -0.39 is 0 Å². The van der Waals surface area contributed by atoms with Gasteiger partial charge in [-0.15, -0.1) is 0 Å². The van der Waals surface area contributed by atoms with E-state index in [0.29, 0.717) is 10.8 Å². The summed E-state index contributed by atoms with van der Waals surface area (Å²) in [6.45, 7) is 10.0. The number of fused-ring (bicyclic) bond motifs is 2. The van der Waals surface area contributed by atoms with Gasteiger partial charge in [0.2, 0.25) is 0 Å². The van der Waals surface area contributed by atoms with E-state index in [-0.39, 0.29) is 0 Å². The van der Waals surface area contributed by atoms with Gasteiger partial charge in [0.15, 0.2) is 0 Å². The highest BCUT2D eigenvalue weighted by Crippen LogP contribution is 2.68. The van der Waals surface area contributed by atoms with Crippen LogP contribution in [0.5, 0.6) is 0 Å². The quantitative estimate of drug-likeness (QED) is 0.342. The van der Waals surface area contributed by atoms with Crippen LogP contribution in [0.2, 0.25) is 0 Å². The second-order valence-electron chi connectivity index (χ2n) is 9.28. The average molecular weight is 307 g/mol. The zero-order valence-corrected chi connectivity index (χ0v) is 16.1. The topological polar surface area (TPSA) is 0 Å². The molecule has 3 unspecified atom stereocenters. The lowest BCUT2D eigenvalue weighted by Gasteiger charge is -2.39. The van der Waals surface area contributed by atoms with E-state index >= 15 is 0 Å². The third-order valence-corrected chi connectivity index (χ3v) is 7.88. The van der Waals surface area contributed by atoms with Crippen molar-refractivity contribution in [3.63, 3.8) is 0 Å². The summed E-state index contributed by atoms with van der Waals surface area (Å²) in [6.07, 6.45) is 20.8. The van der Waals surface area contributed by atoms with E-state index in [0.717, 1.165) is 11.8 Å². The Hall–Kier alpha value is 0. The first-order valence-corrected chi connectivity index (χ1v) is 10.5. The summed E-state index contributed by atoms with van der Waals surface area (Å²) < 4.78 is 0. The van der Waals surface area contributed by atoms with E-state index in [9.17, 15) is 0 Å². The third kappa shape index (κ3) is 3.90. The van der Waals surface area contributed by atoms with Gasteiger partial charge in [0.05, 0.1) is 0 Å². The Labute approximate surface area is 140 Å². The molecule has 2 aliphatic carbocycles. The van der Waals surface area contributed by atoms with Crippen LogP contribution in [-0.2, 0) is 0 Å². The summed E-state index contributed by atoms with van der Waals surface area (Å²) in [5, 5.41) is 0. The van der Waals surface area contributed by atoms with Gasteiger partial charge in [-0.05, 0) is 48.3 Å². The minimum atomic E-state index is 0.621. The van der Waals surface area contributed by atoms with Crippen LogP contribution in [0.15, 0.2) is 0 Å². The van der Waals surface area contributed by atoms with Gasteiger partial charge in [-0.25, -0.2) is 0 Å². The molecule has 3 atom stereocenters. The highest BCUT2D eigenvalue weighted by Gasteiger charge is 2.60. The fourth-order valence-corrected chi connectivity index (χ4v) is 5.68. The lowest BCUT2D eigenvalue weighted by atomic mass is 9.65. The summed E-state index contributed by atoms with van der Waals surface area (Å²) in [5.74, 6) is 2.07. The SMILES string of the molecule is CCCCCCCCCCCCC1CC2CCC1(C)C2(C)C. The lowest BCUT2D eigenvalue weighted by molar-refractivity contribution is 0.0961. The van der Waals surface area contributed by atoms with Gasteiger partial charge in [0.1, 0.15) is 0 Å². The third-order valence-electron chi connectivity index (χ3n) is 7.88. The molecular formula is C22H42. The molecule has 0 aromatic heterocycles. The second kappa shape index (κ2) is 8.20. The standard InChI is InChI=1S/C22H42/c1-5-6-7-8-9-10-11-12-13-14-15-20-18-19-16-17-22(20,4)21(19,2)3/h19-20H,5-18H2,1-4H3. The minimum Gasteiger partial charge on any atom is -0.0654 e. The van der Waals surface area contributed by atoms with Crippen molar-refractivity contribution in [3.8, 4) is 0 Å². The molecular weight excluding hydrogens is 264 g/mol. The molecule has 2 saturated carbocycles. The summed E-state index contributed by atoms with van der Waals surface area (Å²) in [7, 11) is 0. The van der Waals surface area contributed by atoms with Crippen molar-refractivity contribution in [2.45, 2.75) is 118 Å². The molecule has 0 aromatic carbocycles. The number of hydrogen-bond acceptors (Lipinski definition) is 0. The van der Waals surface area contributed by atoms with Gasteiger partial charge >= 0.3 is 0 Å². The maximum atomic E-state index is 2.61. The molecule has 0 N–H and O–H groups in total. The van der Waals surface area contributed by atoms with Crippen molar-refractivity contribution in [2.24, 2.45) is 22.7 Å². The Morgan fingerprint density at radius 3 is 1.77 bits per heavy atom. The van der Waals surface area contributed by atoms with Gasteiger partial charge in [-0.1, -0.05) is 91.9 Å². The summed E-state index contributed by atoms with van der Waals surface area (Å²) in [5.41, 5.74) is 1.28. The van der Waals surface area contributed by atoms with E-state index in [1.165, 1.54) is 83.5 Å². The van der Waals surface area contributed by atoms with Crippen molar-refractivity contribution in [3.05, 3.63) is 0 Å². The summed E-state index contributed by atoms with van der Waals surface area (Å²) in [6, 6.07) is 0. The van der Waals surface area contributed by atoms with E-state index in [1.54, 1.807) is 6.42 Å². The summed E-state index contributed by atoms with van der Waals surface area (Å²) >= 11 is 0. The highest BCUT2D eigenvalue weighted by atomic mass is 14.6. The fraction of sp³-hybridized carbons (Fsp3) is 1.00. The molecule has 2 aliphatic rings. The van der Waals surface area contributed by atoms with Gasteiger partial charge in [0.25, 0.3) is 0 Å². The van der Waals surface area contributed by atoms with E-state index in [1.807, 2.05) is 0 Å². The second-order valence-corrected chi connectivity index (χ2v) is 9.28. The number of unbranched alkanes of at least 4 members (excludes halogenated alkanes) is 9. The Bertz CT molecular complexity index is 316. The van der Waals surface area contributed by atoms with Crippen molar-refractivity contribution in [2.75, 3.05) is 0 Å². The monoisotopic (exact) mass is 306 g/mol. The normalized spacial score (nSPS) is 32.7. The molecule has 0 radical (unpaired) electrons. The Kier molecular flexibility index (Phi) is 6.84. The molecule has 2 bridgehead atoms. The molecule has 0 aliphatic heterocycles. The van der Waals surface area contributed by atoms with E-state index in [2.05, 4.69) is 27.7 Å². The van der Waals surface area contributed by atoms with Crippen LogP contribution < -0.4 is 0 Å². The van der Waals surface area contributed by atoms with Crippen LogP contribution >= 0.6 is 0 Å². The minimum absolute atomic E-state index is 0.621. The zero-order valence-electron chi connectivity index (χ0n) is 16.1. The largest absolute Gasteiger partial charge is 0.0654 e. The molecule has 0 saturated heterocycles. The van der Waals surface area contributed by atoms with Crippen molar-refractivity contribution in [1.29, 1.82) is 0 Å². The predicted molar refractivity (Wildman–Crippen MR) is 99.2 cm³/mol. The first-order valence-electron chi connectivity index (χ1n) is 10.5. The number of rotatable bonds is 11. The van der Waals surface area contributed by atoms with Crippen LogP contribution in [0.4, 0.5) is 0 Å². The van der Waals surface area contributed by atoms with Gasteiger partial charge < -0.3 is 0 Å². The van der Waals surface area contributed by atoms with Crippen LogP contribution in [0.25, 0.3) is 0 Å². The zero-order chi connectivity index (χ0) is 16.1. The molecule has 130 valence electrons. The Morgan fingerprint density at radius 2 is 1.32 bits per heavy atom. The molecule has 2 fully saturated rings. The Balaban J connectivity index is 1.50.